The molecule has 0 aliphatic carbocycles. The first-order valence-electron chi connectivity index (χ1n) is 8.99. The molecule has 0 bridgehead atoms. The number of nitrogens with zero attached hydrogens (tertiary/aromatic N) is 5. The summed E-state index contributed by atoms with van der Waals surface area (Å²) in [5.41, 5.74) is 1.65. The summed E-state index contributed by atoms with van der Waals surface area (Å²) < 4.78 is 7.88. The van der Waals surface area contributed by atoms with Gasteiger partial charge in [-0.2, -0.15) is 0 Å². The SMILES string of the molecule is CN1CCC(Oc2ncccc2CNc2nncn2-c2cccc(Cl)c2Cl)C1. The number of hydrogen-bond acceptors (Lipinski definition) is 6. The molecule has 1 unspecified atom stereocenters. The number of aromatic nitrogens is 4. The Morgan fingerprint density at radius 2 is 2.14 bits per heavy atom. The Balaban J connectivity index is 1.51. The van der Waals surface area contributed by atoms with E-state index in [1.807, 2.05) is 24.3 Å². The van der Waals surface area contributed by atoms with Gasteiger partial charge in [0.05, 0.1) is 15.7 Å². The summed E-state index contributed by atoms with van der Waals surface area (Å²) >= 11 is 12.5. The van der Waals surface area contributed by atoms with E-state index in [1.165, 1.54) is 0 Å². The van der Waals surface area contributed by atoms with E-state index in [0.29, 0.717) is 34.1 Å². The van der Waals surface area contributed by atoms with Crippen LogP contribution in [0.15, 0.2) is 42.9 Å². The van der Waals surface area contributed by atoms with Crippen molar-refractivity contribution < 1.29 is 4.74 Å². The van der Waals surface area contributed by atoms with Crippen LogP contribution in [0.4, 0.5) is 5.95 Å². The molecule has 3 aromatic rings. The van der Waals surface area contributed by atoms with Gasteiger partial charge in [0.1, 0.15) is 12.4 Å². The van der Waals surface area contributed by atoms with Gasteiger partial charge in [0.2, 0.25) is 11.8 Å². The van der Waals surface area contributed by atoms with Gasteiger partial charge in [-0.05, 0) is 31.7 Å². The highest BCUT2D eigenvalue weighted by molar-refractivity contribution is 6.43. The van der Waals surface area contributed by atoms with Gasteiger partial charge in [0, 0.05) is 31.4 Å². The predicted molar refractivity (Wildman–Crippen MR) is 109 cm³/mol. The Morgan fingerprint density at radius 1 is 1.25 bits per heavy atom. The van der Waals surface area contributed by atoms with Gasteiger partial charge in [-0.25, -0.2) is 4.98 Å². The Labute approximate surface area is 173 Å². The largest absolute Gasteiger partial charge is 0.473 e. The molecule has 4 rings (SSSR count). The number of nitrogens with one attached hydrogen (secondary N) is 1. The fourth-order valence-electron chi connectivity index (χ4n) is 3.20. The van der Waals surface area contributed by atoms with Crippen molar-refractivity contribution in [3.63, 3.8) is 0 Å². The lowest BCUT2D eigenvalue weighted by molar-refractivity contribution is 0.198. The maximum Gasteiger partial charge on any atom is 0.229 e. The molecule has 1 saturated heterocycles. The molecular formula is C19H20Cl2N6O. The minimum atomic E-state index is 0.160. The number of hydrogen-bond donors (Lipinski definition) is 1. The molecule has 1 fully saturated rings. The van der Waals surface area contributed by atoms with E-state index in [-0.39, 0.29) is 6.10 Å². The van der Waals surface area contributed by atoms with Crippen LogP contribution >= 0.6 is 23.2 Å². The van der Waals surface area contributed by atoms with E-state index < -0.39 is 0 Å². The summed E-state index contributed by atoms with van der Waals surface area (Å²) in [5, 5.41) is 12.4. The van der Waals surface area contributed by atoms with Gasteiger partial charge >= 0.3 is 0 Å². The third kappa shape index (κ3) is 4.06. The van der Waals surface area contributed by atoms with E-state index in [4.69, 9.17) is 27.9 Å². The molecule has 0 radical (unpaired) electrons. The summed E-state index contributed by atoms with van der Waals surface area (Å²) in [6.07, 6.45) is 4.50. The average molecular weight is 419 g/mol. The van der Waals surface area contributed by atoms with Crippen molar-refractivity contribution in [2.45, 2.75) is 19.1 Å². The zero-order valence-corrected chi connectivity index (χ0v) is 16.9. The molecule has 1 aromatic carbocycles. The first-order chi connectivity index (χ1) is 13.6. The number of anilines is 1. The zero-order valence-electron chi connectivity index (χ0n) is 15.3. The molecule has 9 heteroatoms. The Bertz CT molecular complexity index is 963. The van der Waals surface area contributed by atoms with E-state index in [1.54, 1.807) is 23.2 Å². The highest BCUT2D eigenvalue weighted by Crippen LogP contribution is 2.30. The molecule has 1 aliphatic heterocycles. The van der Waals surface area contributed by atoms with Crippen molar-refractivity contribution in [2.75, 3.05) is 25.5 Å². The maximum absolute atomic E-state index is 6.34. The molecule has 2 aromatic heterocycles. The number of benzene rings is 1. The van der Waals surface area contributed by atoms with Crippen LogP contribution in [0.2, 0.25) is 10.0 Å². The van der Waals surface area contributed by atoms with Gasteiger partial charge in [-0.15, -0.1) is 10.2 Å². The molecule has 0 amide bonds. The average Bonchev–Trinajstić information content (AvgIpc) is 3.32. The maximum atomic E-state index is 6.34. The molecule has 146 valence electrons. The number of ether oxygens (including phenoxy) is 1. The van der Waals surface area contributed by atoms with Crippen LogP contribution in [0.25, 0.3) is 5.69 Å². The monoisotopic (exact) mass is 418 g/mol. The predicted octanol–water partition coefficient (Wildman–Crippen LogP) is 3.66. The van der Waals surface area contributed by atoms with Crippen molar-refractivity contribution >= 4 is 29.2 Å². The fraction of sp³-hybridized carbons (Fsp3) is 0.316. The minimum absolute atomic E-state index is 0.160. The van der Waals surface area contributed by atoms with E-state index in [2.05, 4.69) is 32.4 Å². The van der Waals surface area contributed by atoms with Crippen LogP contribution in [0, 0.1) is 0 Å². The lowest BCUT2D eigenvalue weighted by Gasteiger charge is -2.16. The van der Waals surface area contributed by atoms with Crippen LogP contribution in [-0.2, 0) is 6.54 Å². The van der Waals surface area contributed by atoms with Crippen LogP contribution < -0.4 is 10.1 Å². The van der Waals surface area contributed by atoms with Crippen LogP contribution in [0.1, 0.15) is 12.0 Å². The van der Waals surface area contributed by atoms with E-state index in [0.717, 1.165) is 25.1 Å². The Hall–Kier alpha value is -2.35. The van der Waals surface area contributed by atoms with Crippen molar-refractivity contribution in [1.29, 1.82) is 0 Å². The number of pyridine rings is 1. The molecule has 0 spiro atoms. The van der Waals surface area contributed by atoms with Crippen molar-refractivity contribution in [1.82, 2.24) is 24.6 Å². The first-order valence-corrected chi connectivity index (χ1v) is 9.75. The van der Waals surface area contributed by atoms with Gasteiger partial charge in [0.15, 0.2) is 0 Å². The highest BCUT2D eigenvalue weighted by Gasteiger charge is 2.22. The second-order valence-corrected chi connectivity index (χ2v) is 7.49. The zero-order chi connectivity index (χ0) is 19.5. The van der Waals surface area contributed by atoms with Gasteiger partial charge < -0.3 is 15.0 Å². The topological polar surface area (TPSA) is 68.1 Å². The third-order valence-electron chi connectivity index (χ3n) is 4.65. The Kier molecular flexibility index (Phi) is 5.66. The van der Waals surface area contributed by atoms with Gasteiger partial charge in [0.25, 0.3) is 0 Å². The summed E-state index contributed by atoms with van der Waals surface area (Å²) in [4.78, 5) is 6.66. The summed E-state index contributed by atoms with van der Waals surface area (Å²) in [6, 6.07) is 9.31. The molecule has 3 heterocycles. The standard InChI is InChI=1S/C19H20Cl2N6O/c1-26-9-7-14(11-26)28-18-13(4-3-8-22-18)10-23-19-25-24-12-27(19)16-6-2-5-15(20)17(16)21/h2-6,8,12,14H,7,9-11H2,1H3,(H,23,25). The van der Waals surface area contributed by atoms with E-state index in [9.17, 15) is 0 Å². The molecule has 0 saturated carbocycles. The van der Waals surface area contributed by atoms with E-state index >= 15 is 0 Å². The lowest BCUT2D eigenvalue weighted by atomic mass is 10.2. The highest BCUT2D eigenvalue weighted by atomic mass is 35.5. The smallest absolute Gasteiger partial charge is 0.229 e. The number of halogens is 2. The molecule has 1 N–H and O–H groups in total. The number of likely N-dealkylation sites (N-methyl/N-ethyl adjacent to an activating group) is 1. The molecule has 1 aliphatic rings. The minimum Gasteiger partial charge on any atom is -0.473 e. The fourth-order valence-corrected chi connectivity index (χ4v) is 3.58. The van der Waals surface area contributed by atoms with Crippen molar-refractivity contribution in [3.8, 4) is 11.6 Å². The normalized spacial score (nSPS) is 17.0. The van der Waals surface area contributed by atoms with Crippen molar-refractivity contribution in [3.05, 3.63) is 58.5 Å². The summed E-state index contributed by atoms with van der Waals surface area (Å²) in [5.74, 6) is 1.20. The molecule has 28 heavy (non-hydrogen) atoms. The quantitative estimate of drug-likeness (QED) is 0.658. The third-order valence-corrected chi connectivity index (χ3v) is 5.46. The first kappa shape index (κ1) is 19.0. The van der Waals surface area contributed by atoms with Gasteiger partial charge in [-0.1, -0.05) is 35.3 Å². The number of rotatable bonds is 6. The second kappa shape index (κ2) is 8.34. The second-order valence-electron chi connectivity index (χ2n) is 6.71. The molecular weight excluding hydrogens is 399 g/mol. The van der Waals surface area contributed by atoms with Crippen LogP contribution in [-0.4, -0.2) is 50.9 Å². The number of likely N-dealkylation sites (tertiary alicyclic amines) is 1. The van der Waals surface area contributed by atoms with Crippen LogP contribution in [0.3, 0.4) is 0 Å². The Morgan fingerprint density at radius 3 is 2.96 bits per heavy atom. The lowest BCUT2D eigenvalue weighted by Crippen LogP contribution is -2.22. The molecule has 7 nitrogen and oxygen atoms in total. The van der Waals surface area contributed by atoms with Crippen molar-refractivity contribution in [2.24, 2.45) is 0 Å². The van der Waals surface area contributed by atoms with Gasteiger partial charge in [-0.3, -0.25) is 4.57 Å². The summed E-state index contributed by atoms with van der Waals surface area (Å²) in [7, 11) is 2.10. The van der Waals surface area contributed by atoms with Crippen LogP contribution in [0.5, 0.6) is 5.88 Å². The summed E-state index contributed by atoms with van der Waals surface area (Å²) in [6.45, 7) is 2.43. The molecule has 1 atom stereocenters.